The van der Waals surface area contributed by atoms with E-state index in [-0.39, 0.29) is 23.0 Å². The number of aliphatic hydroxyl groups is 2. The van der Waals surface area contributed by atoms with Gasteiger partial charge in [-0.3, -0.25) is 9.80 Å². The van der Waals surface area contributed by atoms with E-state index < -0.39 is 22.0 Å². The molecular weight excluding hydrogens is 500 g/mol. The van der Waals surface area contributed by atoms with Gasteiger partial charge in [-0.25, -0.2) is 8.42 Å². The van der Waals surface area contributed by atoms with Crippen LogP contribution in [0.4, 0.5) is 0 Å². The Kier molecular flexibility index (Phi) is 10.1. The number of ether oxygens (including phenoxy) is 4. The largest absolute Gasteiger partial charge is 0.491 e. The van der Waals surface area contributed by atoms with Gasteiger partial charge in [-0.1, -0.05) is 0 Å². The predicted molar refractivity (Wildman–Crippen MR) is 136 cm³/mol. The topological polar surface area (TPSA) is 118 Å². The molecule has 2 fully saturated rings. The van der Waals surface area contributed by atoms with Crippen molar-refractivity contribution in [2.45, 2.75) is 22.0 Å². The summed E-state index contributed by atoms with van der Waals surface area (Å²) in [5.74, 6) is 0.971. The highest BCUT2D eigenvalue weighted by molar-refractivity contribution is 7.91. The van der Waals surface area contributed by atoms with Crippen LogP contribution in [-0.2, 0) is 19.3 Å². The molecule has 0 radical (unpaired) electrons. The molecule has 37 heavy (non-hydrogen) atoms. The maximum absolute atomic E-state index is 13.0. The Balaban J connectivity index is 1.25. The van der Waals surface area contributed by atoms with Gasteiger partial charge in [0.2, 0.25) is 9.84 Å². The standard InChI is InChI=1S/C26H36N2O8S/c29-21(17-27-9-13-33-14-10-27)19-35-23-1-5-25(6-2-23)37(31,32)26-7-3-24(4-8-26)36-20-22(30)18-28-11-15-34-16-12-28/h1-8,21-22,29-30H,9-20H2/t21-,22-/m0/s1. The second-order valence-electron chi connectivity index (χ2n) is 9.20. The molecule has 0 spiro atoms. The molecule has 2 saturated heterocycles. The number of aliphatic hydroxyl groups excluding tert-OH is 2. The first kappa shape index (κ1) is 27.8. The van der Waals surface area contributed by atoms with E-state index in [1.54, 1.807) is 24.3 Å². The molecule has 2 aliphatic rings. The molecule has 2 N–H and O–H groups in total. The normalized spacial score (nSPS) is 19.3. The average Bonchev–Trinajstić information content (AvgIpc) is 2.92. The first-order valence-corrected chi connectivity index (χ1v) is 14.1. The minimum absolute atomic E-state index is 0.117. The van der Waals surface area contributed by atoms with Crippen molar-refractivity contribution in [1.82, 2.24) is 9.80 Å². The zero-order chi connectivity index (χ0) is 26.1. The van der Waals surface area contributed by atoms with Crippen LogP contribution in [0, 0.1) is 0 Å². The van der Waals surface area contributed by atoms with E-state index in [1.807, 2.05) is 0 Å². The third-order valence-electron chi connectivity index (χ3n) is 6.30. The van der Waals surface area contributed by atoms with E-state index in [9.17, 15) is 18.6 Å². The molecule has 0 aromatic heterocycles. The van der Waals surface area contributed by atoms with Gasteiger partial charge in [0.1, 0.15) is 36.9 Å². The summed E-state index contributed by atoms with van der Waals surface area (Å²) >= 11 is 0. The number of hydrogen-bond donors (Lipinski definition) is 2. The molecule has 2 aliphatic heterocycles. The lowest BCUT2D eigenvalue weighted by molar-refractivity contribution is 0.00452. The number of sulfone groups is 1. The van der Waals surface area contributed by atoms with Gasteiger partial charge in [-0.15, -0.1) is 0 Å². The summed E-state index contributed by atoms with van der Waals surface area (Å²) in [6.45, 7) is 7.04. The van der Waals surface area contributed by atoms with Crippen LogP contribution in [0.5, 0.6) is 11.5 Å². The van der Waals surface area contributed by atoms with Gasteiger partial charge in [-0.2, -0.15) is 0 Å². The maximum Gasteiger partial charge on any atom is 0.206 e. The number of hydrogen-bond acceptors (Lipinski definition) is 10. The lowest BCUT2D eigenvalue weighted by Gasteiger charge is -2.28. The lowest BCUT2D eigenvalue weighted by atomic mass is 10.3. The first-order chi connectivity index (χ1) is 17.9. The monoisotopic (exact) mass is 536 g/mol. The quantitative estimate of drug-likeness (QED) is 0.401. The smallest absolute Gasteiger partial charge is 0.206 e. The predicted octanol–water partition coefficient (Wildman–Crippen LogP) is 0.663. The van der Waals surface area contributed by atoms with Crippen LogP contribution in [0.2, 0.25) is 0 Å². The Bertz CT molecular complexity index is 973. The fourth-order valence-electron chi connectivity index (χ4n) is 4.22. The molecule has 2 heterocycles. The number of nitrogens with zero attached hydrogens (tertiary/aromatic N) is 2. The van der Waals surface area contributed by atoms with Crippen LogP contribution in [0.3, 0.4) is 0 Å². The van der Waals surface area contributed by atoms with Crippen LogP contribution in [0.15, 0.2) is 58.3 Å². The van der Waals surface area contributed by atoms with Gasteiger partial charge in [0.15, 0.2) is 0 Å². The zero-order valence-electron chi connectivity index (χ0n) is 20.9. The zero-order valence-corrected chi connectivity index (χ0v) is 21.7. The summed E-state index contributed by atoms with van der Waals surface area (Å²) in [6.07, 6.45) is -1.30. The fraction of sp³-hybridized carbons (Fsp3) is 0.538. The molecule has 0 bridgehead atoms. The summed E-state index contributed by atoms with van der Waals surface area (Å²) in [7, 11) is -3.72. The van der Waals surface area contributed by atoms with Gasteiger partial charge in [0.05, 0.1) is 36.2 Å². The van der Waals surface area contributed by atoms with Gasteiger partial charge in [-0.05, 0) is 48.5 Å². The summed E-state index contributed by atoms with van der Waals surface area (Å²) in [6, 6.07) is 12.3. The van der Waals surface area contributed by atoms with Crippen LogP contribution in [0.25, 0.3) is 0 Å². The minimum Gasteiger partial charge on any atom is -0.491 e. The number of rotatable bonds is 12. The number of morpholine rings is 2. The van der Waals surface area contributed by atoms with Crippen LogP contribution < -0.4 is 9.47 Å². The van der Waals surface area contributed by atoms with Crippen molar-refractivity contribution >= 4 is 9.84 Å². The van der Waals surface area contributed by atoms with E-state index in [1.165, 1.54) is 24.3 Å². The third kappa shape index (κ3) is 8.37. The van der Waals surface area contributed by atoms with Crippen molar-refractivity contribution in [2.75, 3.05) is 78.9 Å². The highest BCUT2D eigenvalue weighted by Crippen LogP contribution is 2.25. The molecule has 2 atom stereocenters. The molecule has 204 valence electrons. The number of β-amino-alcohol motifs (C(OH)–C–C–N with tert-alkyl or cyclic N) is 2. The molecule has 0 saturated carbocycles. The molecule has 4 rings (SSSR count). The second kappa shape index (κ2) is 13.5. The van der Waals surface area contributed by atoms with Crippen molar-refractivity contribution in [3.63, 3.8) is 0 Å². The van der Waals surface area contributed by atoms with Crippen LogP contribution in [-0.4, -0.2) is 120 Å². The molecule has 2 aromatic carbocycles. The molecule has 0 aliphatic carbocycles. The van der Waals surface area contributed by atoms with Crippen molar-refractivity contribution in [3.8, 4) is 11.5 Å². The Labute approximate surface area is 218 Å². The van der Waals surface area contributed by atoms with E-state index >= 15 is 0 Å². The Hall–Kier alpha value is -2.25. The molecule has 10 nitrogen and oxygen atoms in total. The third-order valence-corrected chi connectivity index (χ3v) is 8.08. The van der Waals surface area contributed by atoms with Crippen molar-refractivity contribution in [1.29, 1.82) is 0 Å². The highest BCUT2D eigenvalue weighted by atomic mass is 32.2. The minimum atomic E-state index is -3.72. The molecule has 0 amide bonds. The van der Waals surface area contributed by atoms with E-state index in [0.717, 1.165) is 26.2 Å². The molecule has 0 unspecified atom stereocenters. The maximum atomic E-state index is 13.0. The van der Waals surface area contributed by atoms with E-state index in [4.69, 9.17) is 18.9 Å². The summed E-state index contributed by atoms with van der Waals surface area (Å²) < 4.78 is 48.0. The summed E-state index contributed by atoms with van der Waals surface area (Å²) in [4.78, 5) is 4.53. The number of benzene rings is 2. The van der Waals surface area contributed by atoms with Crippen molar-refractivity contribution in [2.24, 2.45) is 0 Å². The van der Waals surface area contributed by atoms with Gasteiger partial charge < -0.3 is 29.2 Å². The first-order valence-electron chi connectivity index (χ1n) is 12.6. The van der Waals surface area contributed by atoms with Crippen LogP contribution in [0.1, 0.15) is 0 Å². The molecular formula is C26H36N2O8S. The van der Waals surface area contributed by atoms with Gasteiger partial charge >= 0.3 is 0 Å². The lowest BCUT2D eigenvalue weighted by Crippen LogP contribution is -2.42. The Morgan fingerprint density at radius 2 is 1.03 bits per heavy atom. The highest BCUT2D eigenvalue weighted by Gasteiger charge is 2.19. The summed E-state index contributed by atoms with van der Waals surface area (Å²) in [5, 5.41) is 20.5. The van der Waals surface area contributed by atoms with Crippen LogP contribution >= 0.6 is 0 Å². The van der Waals surface area contributed by atoms with Crippen molar-refractivity contribution < 1.29 is 37.6 Å². The Morgan fingerprint density at radius 3 is 1.38 bits per heavy atom. The Morgan fingerprint density at radius 1 is 0.676 bits per heavy atom. The molecule has 2 aromatic rings. The van der Waals surface area contributed by atoms with Gasteiger partial charge in [0.25, 0.3) is 0 Å². The second-order valence-corrected chi connectivity index (χ2v) is 11.2. The van der Waals surface area contributed by atoms with Gasteiger partial charge in [0, 0.05) is 39.3 Å². The fourth-order valence-corrected chi connectivity index (χ4v) is 5.48. The van der Waals surface area contributed by atoms with E-state index in [2.05, 4.69) is 9.80 Å². The summed E-state index contributed by atoms with van der Waals surface area (Å²) in [5.41, 5.74) is 0. The average molecular weight is 537 g/mol. The van der Waals surface area contributed by atoms with E-state index in [0.29, 0.717) is 51.0 Å². The van der Waals surface area contributed by atoms with Crippen molar-refractivity contribution in [3.05, 3.63) is 48.5 Å². The SMILES string of the molecule is O=S(=O)(c1ccc(OC[C@@H](O)CN2CCOCC2)cc1)c1ccc(OC[C@@H](O)CN2CCOCC2)cc1. The molecule has 11 heteroatoms.